The number of nitrogens with zero attached hydrogens (tertiary/aromatic N) is 4. The van der Waals surface area contributed by atoms with Gasteiger partial charge < -0.3 is 20.1 Å². The number of carbonyl (C=O) groups is 2. The topological polar surface area (TPSA) is 111 Å². The number of fused-ring (bicyclic) bond motifs is 4. The van der Waals surface area contributed by atoms with E-state index < -0.39 is 6.04 Å². The molecular formula is C29H36N6O4. The molecule has 0 fully saturated rings. The monoisotopic (exact) mass is 532 g/mol. The maximum Gasteiger partial charge on any atom is 0.255 e. The third-order valence-electron chi connectivity index (χ3n) is 6.99. The predicted octanol–water partition coefficient (Wildman–Crippen LogP) is 2.63. The van der Waals surface area contributed by atoms with Gasteiger partial charge in [-0.3, -0.25) is 19.2 Å². The Morgan fingerprint density at radius 3 is 2.79 bits per heavy atom. The van der Waals surface area contributed by atoms with E-state index in [9.17, 15) is 9.59 Å². The first kappa shape index (κ1) is 26.7. The molecule has 1 atom stereocenters. The molecule has 206 valence electrons. The van der Waals surface area contributed by atoms with Crippen LogP contribution in [0, 0.1) is 6.92 Å². The first-order valence-corrected chi connectivity index (χ1v) is 13.6. The fraction of sp³-hybridized carbons (Fsp3) is 0.448. The van der Waals surface area contributed by atoms with Gasteiger partial charge in [-0.25, -0.2) is 0 Å². The zero-order chi connectivity index (χ0) is 27.2. The van der Waals surface area contributed by atoms with Crippen LogP contribution in [0.25, 0.3) is 0 Å². The number of hydrogen-bond donors (Lipinski definition) is 2. The normalized spacial score (nSPS) is 19.3. The third kappa shape index (κ3) is 6.94. The molecule has 39 heavy (non-hydrogen) atoms. The average molecular weight is 533 g/mol. The summed E-state index contributed by atoms with van der Waals surface area (Å²) in [4.78, 5) is 28.0. The summed E-state index contributed by atoms with van der Waals surface area (Å²) in [7, 11) is 0. The smallest absolute Gasteiger partial charge is 0.255 e. The Morgan fingerprint density at radius 1 is 1.03 bits per heavy atom. The van der Waals surface area contributed by atoms with Gasteiger partial charge >= 0.3 is 0 Å². The lowest BCUT2D eigenvalue weighted by atomic mass is 10.1. The zero-order valence-corrected chi connectivity index (χ0v) is 22.6. The van der Waals surface area contributed by atoms with Gasteiger partial charge in [-0.2, -0.15) is 0 Å². The molecule has 0 unspecified atom stereocenters. The molecule has 2 aromatic carbocycles. The number of carbonyl (C=O) groups excluding carboxylic acids is 2. The van der Waals surface area contributed by atoms with E-state index in [1.165, 1.54) is 11.1 Å². The Kier molecular flexibility index (Phi) is 8.41. The highest BCUT2D eigenvalue weighted by molar-refractivity contribution is 5.99. The van der Waals surface area contributed by atoms with Crippen molar-refractivity contribution < 1.29 is 19.1 Å². The van der Waals surface area contributed by atoms with Gasteiger partial charge in [0.1, 0.15) is 17.5 Å². The highest BCUT2D eigenvalue weighted by atomic mass is 16.5. The van der Waals surface area contributed by atoms with Gasteiger partial charge in [0.05, 0.1) is 24.5 Å². The SMILES string of the molecule is Cc1ccc2c(c1)OCCCn1cc(nn1)CN(Cc1ccc3c(c1)CCO3)CCCNC(=O)[C@@H](C)NC2=O. The summed E-state index contributed by atoms with van der Waals surface area (Å²) in [5, 5.41) is 14.5. The van der Waals surface area contributed by atoms with Crippen molar-refractivity contribution in [3.63, 3.8) is 0 Å². The number of aryl methyl sites for hydroxylation is 2. The quantitative estimate of drug-likeness (QED) is 0.522. The van der Waals surface area contributed by atoms with Crippen molar-refractivity contribution in [1.29, 1.82) is 0 Å². The van der Waals surface area contributed by atoms with Gasteiger partial charge in [-0.15, -0.1) is 5.10 Å². The van der Waals surface area contributed by atoms with Crippen LogP contribution >= 0.6 is 0 Å². The van der Waals surface area contributed by atoms with Crippen LogP contribution in [0.15, 0.2) is 42.6 Å². The van der Waals surface area contributed by atoms with Crippen LogP contribution < -0.4 is 20.1 Å². The zero-order valence-electron chi connectivity index (χ0n) is 22.6. The van der Waals surface area contributed by atoms with Crippen LogP contribution in [-0.4, -0.2) is 64.1 Å². The minimum Gasteiger partial charge on any atom is -0.493 e. The summed E-state index contributed by atoms with van der Waals surface area (Å²) in [5.74, 6) is 0.927. The Morgan fingerprint density at radius 2 is 1.90 bits per heavy atom. The molecule has 2 aliphatic heterocycles. The van der Waals surface area contributed by atoms with Crippen molar-refractivity contribution in [1.82, 2.24) is 30.5 Å². The molecule has 0 aliphatic carbocycles. The van der Waals surface area contributed by atoms with Crippen LogP contribution in [0.2, 0.25) is 0 Å². The highest BCUT2D eigenvalue weighted by Gasteiger charge is 2.20. The van der Waals surface area contributed by atoms with Gasteiger partial charge in [0.25, 0.3) is 5.91 Å². The molecule has 10 nitrogen and oxygen atoms in total. The molecule has 0 saturated heterocycles. The summed E-state index contributed by atoms with van der Waals surface area (Å²) in [6, 6.07) is 11.2. The lowest BCUT2D eigenvalue weighted by molar-refractivity contribution is -0.122. The lowest BCUT2D eigenvalue weighted by Gasteiger charge is -2.22. The van der Waals surface area contributed by atoms with Gasteiger partial charge in [-0.05, 0) is 55.2 Å². The van der Waals surface area contributed by atoms with Crippen LogP contribution in [0.5, 0.6) is 11.5 Å². The Bertz CT molecular complexity index is 1320. The second-order valence-corrected chi connectivity index (χ2v) is 10.3. The molecule has 3 aromatic rings. The minimum absolute atomic E-state index is 0.219. The van der Waals surface area contributed by atoms with Gasteiger partial charge in [0.15, 0.2) is 0 Å². The van der Waals surface area contributed by atoms with Crippen molar-refractivity contribution in [2.45, 2.75) is 58.8 Å². The Balaban J connectivity index is 1.30. The molecule has 0 spiro atoms. The summed E-state index contributed by atoms with van der Waals surface area (Å²) < 4.78 is 13.5. The molecule has 0 saturated carbocycles. The lowest BCUT2D eigenvalue weighted by Crippen LogP contribution is -2.45. The molecule has 2 aliphatic rings. The standard InChI is InChI=1S/C29H36N6O4/c1-20-5-7-25-27(15-20)38-13-4-12-35-19-24(32-33-35)18-34(11-3-10-30-28(36)21(2)31-29(25)37)17-22-6-8-26-23(16-22)9-14-39-26/h5-8,15-16,19,21H,3-4,9-14,17-18H2,1-2H3,(H,30,36)(H,31,37)/t21-/m1/s1. The van der Waals surface area contributed by atoms with Gasteiger partial charge in [-0.1, -0.05) is 23.4 Å². The van der Waals surface area contributed by atoms with E-state index >= 15 is 0 Å². The third-order valence-corrected chi connectivity index (χ3v) is 6.99. The Hall–Kier alpha value is -3.92. The summed E-state index contributed by atoms with van der Waals surface area (Å²) >= 11 is 0. The molecule has 5 rings (SSSR count). The van der Waals surface area contributed by atoms with Crippen molar-refractivity contribution in [3.05, 3.63) is 70.5 Å². The minimum atomic E-state index is -0.674. The van der Waals surface area contributed by atoms with E-state index in [1.54, 1.807) is 13.0 Å². The van der Waals surface area contributed by atoms with Crippen LogP contribution in [-0.2, 0) is 30.8 Å². The largest absolute Gasteiger partial charge is 0.493 e. The van der Waals surface area contributed by atoms with Crippen molar-refractivity contribution in [2.24, 2.45) is 0 Å². The second kappa shape index (κ2) is 12.3. The summed E-state index contributed by atoms with van der Waals surface area (Å²) in [6.07, 6.45) is 4.38. The van der Waals surface area contributed by atoms with Crippen LogP contribution in [0.3, 0.4) is 0 Å². The summed E-state index contributed by atoms with van der Waals surface area (Å²) in [5.41, 5.74) is 4.77. The predicted molar refractivity (Wildman–Crippen MR) is 146 cm³/mol. The number of amides is 2. The number of benzene rings is 2. The second-order valence-electron chi connectivity index (χ2n) is 10.3. The molecule has 2 amide bonds. The molecule has 2 bridgehead atoms. The first-order chi connectivity index (χ1) is 18.9. The van der Waals surface area contributed by atoms with Crippen LogP contribution in [0.4, 0.5) is 0 Å². The maximum atomic E-state index is 13.0. The molecule has 1 aromatic heterocycles. The fourth-order valence-corrected chi connectivity index (χ4v) is 4.91. The van der Waals surface area contributed by atoms with E-state index in [4.69, 9.17) is 9.47 Å². The van der Waals surface area contributed by atoms with Gasteiger partial charge in [0.2, 0.25) is 5.91 Å². The van der Waals surface area contributed by atoms with E-state index in [0.29, 0.717) is 44.0 Å². The number of nitrogens with one attached hydrogen (secondary N) is 2. The van der Waals surface area contributed by atoms with Gasteiger partial charge in [0, 0.05) is 51.8 Å². The van der Waals surface area contributed by atoms with E-state index in [2.05, 4.69) is 44.0 Å². The first-order valence-electron chi connectivity index (χ1n) is 13.6. The average Bonchev–Trinajstić information content (AvgIpc) is 3.57. The molecule has 3 heterocycles. The van der Waals surface area contributed by atoms with E-state index in [1.807, 2.05) is 29.9 Å². The highest BCUT2D eigenvalue weighted by Crippen LogP contribution is 2.26. The Labute approximate surface area is 228 Å². The van der Waals surface area contributed by atoms with E-state index in [0.717, 1.165) is 49.5 Å². The maximum absolute atomic E-state index is 13.0. The molecule has 0 radical (unpaired) electrons. The van der Waals surface area contributed by atoms with Crippen molar-refractivity contribution in [2.75, 3.05) is 26.3 Å². The number of rotatable bonds is 2. The molecule has 2 N–H and O–H groups in total. The van der Waals surface area contributed by atoms with Crippen LogP contribution in [0.1, 0.15) is 52.5 Å². The number of aromatic nitrogens is 3. The van der Waals surface area contributed by atoms with Crippen molar-refractivity contribution >= 4 is 11.8 Å². The van der Waals surface area contributed by atoms with E-state index in [-0.39, 0.29) is 11.8 Å². The fourth-order valence-electron chi connectivity index (χ4n) is 4.91. The molecular weight excluding hydrogens is 496 g/mol. The summed E-state index contributed by atoms with van der Waals surface area (Å²) in [6.45, 7) is 8.12. The van der Waals surface area contributed by atoms with Crippen molar-refractivity contribution in [3.8, 4) is 11.5 Å². The number of hydrogen-bond acceptors (Lipinski definition) is 7. The molecule has 10 heteroatoms. The number of ether oxygens (including phenoxy) is 2.